The molecule has 1 aliphatic rings. The lowest BCUT2D eigenvalue weighted by Crippen LogP contribution is -2.42. The van der Waals surface area contributed by atoms with Gasteiger partial charge in [-0.3, -0.25) is 4.79 Å². The molecule has 3 rings (SSSR count). The summed E-state index contributed by atoms with van der Waals surface area (Å²) in [7, 11) is 0. The first-order valence-corrected chi connectivity index (χ1v) is 9.16. The van der Waals surface area contributed by atoms with E-state index in [1.807, 2.05) is 21.7 Å². The van der Waals surface area contributed by atoms with Crippen LogP contribution in [-0.4, -0.2) is 35.5 Å². The number of thiazole rings is 1. The first-order valence-electron chi connectivity index (χ1n) is 7.34. The molecule has 1 saturated heterocycles. The minimum atomic E-state index is -0.113. The number of hydrogen-bond donors (Lipinski definition) is 0. The minimum Gasteiger partial charge on any atom is -0.367 e. The van der Waals surface area contributed by atoms with Gasteiger partial charge in [0, 0.05) is 22.7 Å². The van der Waals surface area contributed by atoms with Crippen molar-refractivity contribution in [1.29, 1.82) is 0 Å². The van der Waals surface area contributed by atoms with Crippen molar-refractivity contribution in [2.75, 3.05) is 19.7 Å². The second kappa shape index (κ2) is 6.10. The Balaban J connectivity index is 1.73. The third kappa shape index (κ3) is 3.24. The van der Waals surface area contributed by atoms with Crippen LogP contribution >= 0.6 is 22.7 Å². The molecule has 118 valence electrons. The molecule has 4 nitrogen and oxygen atoms in total. The number of carbonyl (C=O) groups excluding carboxylic acids is 1. The molecule has 2 aromatic rings. The molecule has 1 atom stereocenters. The fourth-order valence-electron chi connectivity index (χ4n) is 2.33. The number of nitrogens with zero attached hydrogens (tertiary/aromatic N) is 2. The van der Waals surface area contributed by atoms with Crippen LogP contribution in [0.2, 0.25) is 0 Å². The number of carbonyl (C=O) groups is 1. The van der Waals surface area contributed by atoms with Gasteiger partial charge in [-0.05, 0) is 11.4 Å². The number of amides is 1. The van der Waals surface area contributed by atoms with Crippen molar-refractivity contribution in [2.45, 2.75) is 32.3 Å². The van der Waals surface area contributed by atoms with E-state index < -0.39 is 0 Å². The molecule has 0 aromatic carbocycles. The van der Waals surface area contributed by atoms with E-state index in [4.69, 9.17) is 9.72 Å². The van der Waals surface area contributed by atoms with Crippen LogP contribution in [0.4, 0.5) is 0 Å². The molecule has 0 aliphatic carbocycles. The zero-order valence-electron chi connectivity index (χ0n) is 13.0. The summed E-state index contributed by atoms with van der Waals surface area (Å²) in [6, 6.07) is 1.87. The Morgan fingerprint density at radius 2 is 2.23 bits per heavy atom. The molecular formula is C16H20N2O2S2. The summed E-state index contributed by atoms with van der Waals surface area (Å²) < 4.78 is 5.84. The molecule has 1 fully saturated rings. The molecule has 0 N–H and O–H groups in total. The summed E-state index contributed by atoms with van der Waals surface area (Å²) in [4.78, 5) is 19.1. The number of thiophene rings is 1. The highest BCUT2D eigenvalue weighted by Gasteiger charge is 2.29. The lowest BCUT2D eigenvalue weighted by molar-refractivity contribution is -0.0229. The normalized spacial score (nSPS) is 19.4. The average Bonchev–Trinajstić information content (AvgIpc) is 3.17. The monoisotopic (exact) mass is 336 g/mol. The number of rotatable bonds is 2. The van der Waals surface area contributed by atoms with Gasteiger partial charge >= 0.3 is 0 Å². The first kappa shape index (κ1) is 15.6. The smallest absolute Gasteiger partial charge is 0.254 e. The second-order valence-corrected chi connectivity index (χ2v) is 8.11. The lowest BCUT2D eigenvalue weighted by atomic mass is 9.93. The highest BCUT2D eigenvalue weighted by molar-refractivity contribution is 7.09. The topological polar surface area (TPSA) is 42.4 Å². The van der Waals surface area contributed by atoms with Crippen molar-refractivity contribution >= 4 is 28.6 Å². The summed E-state index contributed by atoms with van der Waals surface area (Å²) in [5.74, 6) is 0.0853. The number of ether oxygens (including phenoxy) is 1. The van der Waals surface area contributed by atoms with Crippen LogP contribution in [0.25, 0.3) is 0 Å². The Labute approximate surface area is 138 Å². The molecule has 1 amide bonds. The molecule has 0 unspecified atom stereocenters. The number of hydrogen-bond acceptors (Lipinski definition) is 5. The maximum absolute atomic E-state index is 12.5. The summed E-state index contributed by atoms with van der Waals surface area (Å²) in [6.07, 6.45) is -0.113. The molecule has 1 aliphatic heterocycles. The molecule has 0 saturated carbocycles. The molecular weight excluding hydrogens is 316 g/mol. The molecule has 6 heteroatoms. The molecule has 0 bridgehead atoms. The van der Waals surface area contributed by atoms with Crippen LogP contribution in [0.3, 0.4) is 0 Å². The third-order valence-electron chi connectivity index (χ3n) is 3.69. The van der Waals surface area contributed by atoms with Crippen molar-refractivity contribution in [1.82, 2.24) is 9.88 Å². The third-order valence-corrected chi connectivity index (χ3v) is 5.31. The summed E-state index contributed by atoms with van der Waals surface area (Å²) in [5, 5.41) is 6.89. The van der Waals surface area contributed by atoms with Crippen molar-refractivity contribution in [3.8, 4) is 0 Å². The van der Waals surface area contributed by atoms with Gasteiger partial charge in [-0.15, -0.1) is 11.3 Å². The van der Waals surface area contributed by atoms with E-state index in [0.29, 0.717) is 19.7 Å². The van der Waals surface area contributed by atoms with Crippen LogP contribution in [-0.2, 0) is 10.2 Å². The number of aromatic nitrogens is 1. The lowest BCUT2D eigenvalue weighted by Gasteiger charge is -2.32. The Morgan fingerprint density at radius 1 is 1.41 bits per heavy atom. The van der Waals surface area contributed by atoms with E-state index in [0.717, 1.165) is 16.3 Å². The first-order chi connectivity index (χ1) is 10.4. The zero-order valence-corrected chi connectivity index (χ0v) is 14.7. The van der Waals surface area contributed by atoms with Gasteiger partial charge in [-0.25, -0.2) is 4.98 Å². The van der Waals surface area contributed by atoms with E-state index in [9.17, 15) is 4.79 Å². The Kier molecular flexibility index (Phi) is 4.34. The van der Waals surface area contributed by atoms with Crippen LogP contribution < -0.4 is 0 Å². The molecule has 3 heterocycles. The Morgan fingerprint density at radius 3 is 2.86 bits per heavy atom. The van der Waals surface area contributed by atoms with E-state index in [1.165, 1.54) is 0 Å². The van der Waals surface area contributed by atoms with E-state index in [-0.39, 0.29) is 17.4 Å². The van der Waals surface area contributed by atoms with Crippen molar-refractivity contribution in [2.24, 2.45) is 0 Å². The van der Waals surface area contributed by atoms with Gasteiger partial charge in [0.1, 0.15) is 11.1 Å². The Hall–Kier alpha value is -1.24. The highest BCUT2D eigenvalue weighted by Crippen LogP contribution is 2.30. The zero-order chi connectivity index (χ0) is 15.7. The van der Waals surface area contributed by atoms with Gasteiger partial charge in [0.25, 0.3) is 5.91 Å². The maximum atomic E-state index is 12.5. The SMILES string of the molecule is CC(C)(C)c1csc([C@H]2CN(C(=O)c3ccsc3)CCO2)n1. The van der Waals surface area contributed by atoms with Crippen molar-refractivity contribution in [3.05, 3.63) is 38.5 Å². The fraction of sp³-hybridized carbons (Fsp3) is 0.500. The molecule has 22 heavy (non-hydrogen) atoms. The molecule has 2 aromatic heterocycles. The van der Waals surface area contributed by atoms with Crippen LogP contribution in [0.1, 0.15) is 47.9 Å². The summed E-state index contributed by atoms with van der Waals surface area (Å²) >= 11 is 3.17. The van der Waals surface area contributed by atoms with E-state index in [1.54, 1.807) is 22.7 Å². The maximum Gasteiger partial charge on any atom is 0.254 e. The van der Waals surface area contributed by atoms with Gasteiger partial charge in [-0.2, -0.15) is 11.3 Å². The standard InChI is InChI=1S/C16H20N2O2S2/c1-16(2,3)13-10-22-14(17-13)12-8-18(5-6-20-12)15(19)11-4-7-21-9-11/h4,7,9-10,12H,5-6,8H2,1-3H3/t12-/m1/s1. The minimum absolute atomic E-state index is 0.0373. The average molecular weight is 336 g/mol. The van der Waals surface area contributed by atoms with Gasteiger partial charge in [0.15, 0.2) is 0 Å². The van der Waals surface area contributed by atoms with Gasteiger partial charge < -0.3 is 9.64 Å². The predicted octanol–water partition coefficient (Wildman–Crippen LogP) is 3.72. The summed E-state index contributed by atoms with van der Waals surface area (Å²) in [5.41, 5.74) is 1.88. The second-order valence-electron chi connectivity index (χ2n) is 6.44. The quantitative estimate of drug-likeness (QED) is 0.839. The van der Waals surface area contributed by atoms with E-state index in [2.05, 4.69) is 26.2 Å². The van der Waals surface area contributed by atoms with Crippen LogP contribution in [0.15, 0.2) is 22.2 Å². The highest BCUT2D eigenvalue weighted by atomic mass is 32.1. The van der Waals surface area contributed by atoms with Crippen LogP contribution in [0, 0.1) is 0 Å². The van der Waals surface area contributed by atoms with Gasteiger partial charge in [0.2, 0.25) is 0 Å². The van der Waals surface area contributed by atoms with Crippen LogP contribution in [0.5, 0.6) is 0 Å². The molecule has 0 radical (unpaired) electrons. The van der Waals surface area contributed by atoms with E-state index >= 15 is 0 Å². The Bertz CT molecular complexity index is 643. The molecule has 0 spiro atoms. The number of morpholine rings is 1. The van der Waals surface area contributed by atoms with Crippen molar-refractivity contribution in [3.63, 3.8) is 0 Å². The fourth-order valence-corrected chi connectivity index (χ4v) is 4.05. The van der Waals surface area contributed by atoms with Gasteiger partial charge in [-0.1, -0.05) is 20.8 Å². The summed E-state index contributed by atoms with van der Waals surface area (Å²) in [6.45, 7) is 8.24. The largest absolute Gasteiger partial charge is 0.367 e. The predicted molar refractivity (Wildman–Crippen MR) is 89.7 cm³/mol. The van der Waals surface area contributed by atoms with Gasteiger partial charge in [0.05, 0.1) is 24.4 Å². The van der Waals surface area contributed by atoms with Crippen molar-refractivity contribution < 1.29 is 9.53 Å².